The van der Waals surface area contributed by atoms with Crippen molar-refractivity contribution in [3.8, 4) is 0 Å². The maximum absolute atomic E-state index is 10.6. The summed E-state index contributed by atoms with van der Waals surface area (Å²) in [5, 5.41) is 3.52. The standard InChI is InChI=1S/C12H19ClN4O/c1-12(2,3)11-16-8(13)7-10(17-11)15-6-4-5-9(14)18/h7H,4-6H2,1-3H3,(H2,14,18)(H,15,16,17). The summed E-state index contributed by atoms with van der Waals surface area (Å²) in [4.78, 5) is 19.2. The summed E-state index contributed by atoms with van der Waals surface area (Å²) in [5.74, 6) is 1.06. The lowest BCUT2D eigenvalue weighted by atomic mass is 9.96. The Morgan fingerprint density at radius 2 is 2.11 bits per heavy atom. The highest BCUT2D eigenvalue weighted by molar-refractivity contribution is 6.29. The summed E-state index contributed by atoms with van der Waals surface area (Å²) in [5.41, 5.74) is 4.91. The average Bonchev–Trinajstić information content (AvgIpc) is 2.22. The van der Waals surface area contributed by atoms with Crippen LogP contribution in [0.15, 0.2) is 6.07 Å². The number of halogens is 1. The second-order valence-corrected chi connectivity index (χ2v) is 5.53. The lowest BCUT2D eigenvalue weighted by Crippen LogP contribution is -2.18. The zero-order valence-electron chi connectivity index (χ0n) is 11.0. The number of carbonyl (C=O) groups excluding carboxylic acids is 1. The first-order chi connectivity index (χ1) is 8.29. The number of anilines is 1. The summed E-state index contributed by atoms with van der Waals surface area (Å²) in [6.45, 7) is 6.69. The molecule has 3 N–H and O–H groups in total. The molecule has 1 heterocycles. The Hall–Kier alpha value is -1.36. The third kappa shape index (κ3) is 4.87. The molecule has 0 saturated carbocycles. The van der Waals surface area contributed by atoms with Crippen LogP contribution < -0.4 is 11.1 Å². The van der Waals surface area contributed by atoms with Crippen molar-refractivity contribution in [3.05, 3.63) is 17.0 Å². The van der Waals surface area contributed by atoms with Crippen molar-refractivity contribution in [1.29, 1.82) is 0 Å². The molecule has 0 fully saturated rings. The Morgan fingerprint density at radius 3 is 2.67 bits per heavy atom. The molecule has 0 aliphatic rings. The van der Waals surface area contributed by atoms with Gasteiger partial charge in [-0.05, 0) is 6.42 Å². The molecule has 6 heteroatoms. The topological polar surface area (TPSA) is 80.9 Å². The number of carbonyl (C=O) groups is 1. The molecule has 1 aromatic heterocycles. The molecule has 0 aliphatic heterocycles. The van der Waals surface area contributed by atoms with Crippen LogP contribution in [-0.2, 0) is 10.2 Å². The Bertz CT molecular complexity index is 429. The molecule has 0 aliphatic carbocycles. The van der Waals surface area contributed by atoms with Crippen molar-refractivity contribution in [2.24, 2.45) is 5.73 Å². The summed E-state index contributed by atoms with van der Waals surface area (Å²) in [6, 6.07) is 1.67. The maximum Gasteiger partial charge on any atom is 0.217 e. The van der Waals surface area contributed by atoms with Crippen molar-refractivity contribution in [2.75, 3.05) is 11.9 Å². The van der Waals surface area contributed by atoms with E-state index in [9.17, 15) is 4.79 Å². The number of aromatic nitrogens is 2. The number of rotatable bonds is 5. The number of nitrogens with zero attached hydrogens (tertiary/aromatic N) is 2. The summed E-state index contributed by atoms with van der Waals surface area (Å²) >= 11 is 5.95. The number of hydrogen-bond donors (Lipinski definition) is 2. The number of nitrogens with one attached hydrogen (secondary N) is 1. The zero-order chi connectivity index (χ0) is 13.8. The van der Waals surface area contributed by atoms with Gasteiger partial charge in [0.25, 0.3) is 0 Å². The smallest absolute Gasteiger partial charge is 0.217 e. The number of hydrogen-bond acceptors (Lipinski definition) is 4. The van der Waals surface area contributed by atoms with Gasteiger partial charge in [0.2, 0.25) is 5.91 Å². The molecule has 1 amide bonds. The second kappa shape index (κ2) is 6.00. The molecule has 0 aromatic carbocycles. The molecule has 18 heavy (non-hydrogen) atoms. The van der Waals surface area contributed by atoms with Crippen LogP contribution >= 0.6 is 11.6 Å². The van der Waals surface area contributed by atoms with Crippen molar-refractivity contribution < 1.29 is 4.79 Å². The molecule has 5 nitrogen and oxygen atoms in total. The van der Waals surface area contributed by atoms with E-state index >= 15 is 0 Å². The van der Waals surface area contributed by atoms with Gasteiger partial charge in [0.1, 0.15) is 16.8 Å². The Labute approximate surface area is 112 Å². The van der Waals surface area contributed by atoms with Gasteiger partial charge in [0.05, 0.1) is 0 Å². The van der Waals surface area contributed by atoms with E-state index < -0.39 is 0 Å². The van der Waals surface area contributed by atoms with Gasteiger partial charge in [0, 0.05) is 24.4 Å². The number of nitrogens with two attached hydrogens (primary N) is 1. The molecule has 1 aromatic rings. The molecule has 0 radical (unpaired) electrons. The van der Waals surface area contributed by atoms with E-state index in [2.05, 4.69) is 15.3 Å². The fourth-order valence-corrected chi connectivity index (χ4v) is 1.51. The average molecular weight is 271 g/mol. The molecule has 0 spiro atoms. The van der Waals surface area contributed by atoms with Gasteiger partial charge in [-0.2, -0.15) is 0 Å². The van der Waals surface area contributed by atoms with Crippen LogP contribution in [0.3, 0.4) is 0 Å². The van der Waals surface area contributed by atoms with Gasteiger partial charge in [-0.15, -0.1) is 0 Å². The highest BCUT2D eigenvalue weighted by atomic mass is 35.5. The molecule has 1 rings (SSSR count). The minimum atomic E-state index is -0.298. The molecule has 0 bridgehead atoms. The van der Waals surface area contributed by atoms with Gasteiger partial charge in [-0.1, -0.05) is 32.4 Å². The van der Waals surface area contributed by atoms with Crippen molar-refractivity contribution >= 4 is 23.3 Å². The van der Waals surface area contributed by atoms with Gasteiger partial charge < -0.3 is 11.1 Å². The van der Waals surface area contributed by atoms with Crippen LogP contribution in [0.25, 0.3) is 0 Å². The fraction of sp³-hybridized carbons (Fsp3) is 0.583. The van der Waals surface area contributed by atoms with E-state index in [0.717, 1.165) is 0 Å². The normalized spacial score (nSPS) is 11.3. The minimum absolute atomic E-state index is 0.158. The lowest BCUT2D eigenvalue weighted by molar-refractivity contribution is -0.118. The number of primary amides is 1. The zero-order valence-corrected chi connectivity index (χ0v) is 11.7. The Kier molecular flexibility index (Phi) is 4.90. The highest BCUT2D eigenvalue weighted by Crippen LogP contribution is 2.22. The van der Waals surface area contributed by atoms with Crippen LogP contribution in [0.4, 0.5) is 5.82 Å². The minimum Gasteiger partial charge on any atom is -0.370 e. The van der Waals surface area contributed by atoms with Crippen LogP contribution in [0.2, 0.25) is 5.15 Å². The molecule has 0 unspecified atom stereocenters. The van der Waals surface area contributed by atoms with Gasteiger partial charge in [-0.25, -0.2) is 9.97 Å². The van der Waals surface area contributed by atoms with E-state index in [1.165, 1.54) is 0 Å². The summed E-state index contributed by atoms with van der Waals surface area (Å²) in [7, 11) is 0. The first kappa shape index (κ1) is 14.7. The Morgan fingerprint density at radius 1 is 1.44 bits per heavy atom. The van der Waals surface area contributed by atoms with Gasteiger partial charge >= 0.3 is 0 Å². The molecule has 100 valence electrons. The second-order valence-electron chi connectivity index (χ2n) is 5.15. The quantitative estimate of drug-likeness (QED) is 0.634. The maximum atomic E-state index is 10.6. The third-order valence-corrected chi connectivity index (χ3v) is 2.47. The first-order valence-corrected chi connectivity index (χ1v) is 6.24. The van der Waals surface area contributed by atoms with E-state index in [-0.39, 0.29) is 11.3 Å². The van der Waals surface area contributed by atoms with E-state index in [1.807, 2.05) is 20.8 Å². The van der Waals surface area contributed by atoms with Crippen LogP contribution in [0, 0.1) is 0 Å². The van der Waals surface area contributed by atoms with E-state index in [0.29, 0.717) is 36.2 Å². The third-order valence-electron chi connectivity index (χ3n) is 2.27. The lowest BCUT2D eigenvalue weighted by Gasteiger charge is -2.17. The first-order valence-electron chi connectivity index (χ1n) is 5.86. The monoisotopic (exact) mass is 270 g/mol. The fourth-order valence-electron chi connectivity index (χ4n) is 1.32. The van der Waals surface area contributed by atoms with E-state index in [4.69, 9.17) is 17.3 Å². The van der Waals surface area contributed by atoms with Gasteiger partial charge in [0.15, 0.2) is 0 Å². The largest absolute Gasteiger partial charge is 0.370 e. The molecular formula is C12H19ClN4O. The van der Waals surface area contributed by atoms with Crippen molar-refractivity contribution in [1.82, 2.24) is 9.97 Å². The Balaban J connectivity index is 2.66. The van der Waals surface area contributed by atoms with Crippen molar-refractivity contribution in [3.63, 3.8) is 0 Å². The van der Waals surface area contributed by atoms with Gasteiger partial charge in [-0.3, -0.25) is 4.79 Å². The van der Waals surface area contributed by atoms with E-state index in [1.54, 1.807) is 6.07 Å². The predicted octanol–water partition coefficient (Wildman–Crippen LogP) is 2.10. The summed E-state index contributed by atoms with van der Waals surface area (Å²) < 4.78 is 0. The van der Waals surface area contributed by atoms with Crippen molar-refractivity contribution in [2.45, 2.75) is 39.0 Å². The van der Waals surface area contributed by atoms with Crippen LogP contribution in [0.1, 0.15) is 39.4 Å². The SMILES string of the molecule is CC(C)(C)c1nc(Cl)cc(NCCCC(N)=O)n1. The summed E-state index contributed by atoms with van der Waals surface area (Å²) in [6.07, 6.45) is 1.03. The van der Waals surface area contributed by atoms with Crippen LogP contribution in [-0.4, -0.2) is 22.4 Å². The molecular weight excluding hydrogens is 252 g/mol. The highest BCUT2D eigenvalue weighted by Gasteiger charge is 2.18. The predicted molar refractivity (Wildman–Crippen MR) is 72.7 cm³/mol. The number of amides is 1. The molecule has 0 saturated heterocycles. The molecule has 0 atom stereocenters. The van der Waals surface area contributed by atoms with Crippen LogP contribution in [0.5, 0.6) is 0 Å².